The normalized spacial score (nSPS) is 10.0. The van der Waals surface area contributed by atoms with Crippen LogP contribution in [-0.2, 0) is 6.54 Å². The first kappa shape index (κ1) is 14.7. The maximum absolute atomic E-state index is 11.6. The lowest BCUT2D eigenvalue weighted by Gasteiger charge is -2.10. The first-order chi connectivity index (χ1) is 10.1. The molecule has 2 aromatic carbocycles. The van der Waals surface area contributed by atoms with Gasteiger partial charge in [0.1, 0.15) is 0 Å². The molecule has 0 saturated heterocycles. The van der Waals surface area contributed by atoms with Gasteiger partial charge in [-0.25, -0.2) is 0 Å². The number of rotatable bonds is 5. The highest BCUT2D eigenvalue weighted by molar-refractivity contribution is 5.94. The van der Waals surface area contributed by atoms with Crippen LogP contribution in [0.15, 0.2) is 42.5 Å². The summed E-state index contributed by atoms with van der Waals surface area (Å²) in [5, 5.41) is 15.4. The van der Waals surface area contributed by atoms with Gasteiger partial charge in [-0.15, -0.1) is 0 Å². The summed E-state index contributed by atoms with van der Waals surface area (Å²) in [5.41, 5.74) is 2.42. The zero-order valence-corrected chi connectivity index (χ0v) is 12.0. The fraction of sp³-hybridized carbons (Fsp3) is 0.188. The molecule has 0 unspecified atom stereocenters. The molecule has 0 aromatic heterocycles. The van der Waals surface area contributed by atoms with E-state index in [9.17, 15) is 9.90 Å². The molecule has 0 aliphatic heterocycles. The number of carbonyl (C=O) groups excluding carboxylic acids is 1. The number of methoxy groups -OCH3 is 1. The van der Waals surface area contributed by atoms with Crippen molar-refractivity contribution in [1.82, 2.24) is 5.32 Å². The van der Waals surface area contributed by atoms with Gasteiger partial charge in [-0.2, -0.15) is 0 Å². The standard InChI is InChI=1S/C16H18N2O3/c1-17-16(20)12-4-3-5-13(9-12)18-10-11-6-7-14(19)15(8-11)21-2/h3-9,18-19H,10H2,1-2H3,(H,17,20). The number of anilines is 1. The highest BCUT2D eigenvalue weighted by Crippen LogP contribution is 2.26. The summed E-state index contributed by atoms with van der Waals surface area (Å²) in [6.45, 7) is 0.563. The molecule has 1 amide bonds. The van der Waals surface area contributed by atoms with E-state index in [4.69, 9.17) is 4.74 Å². The van der Waals surface area contributed by atoms with Crippen molar-refractivity contribution in [3.8, 4) is 11.5 Å². The third-order valence-corrected chi connectivity index (χ3v) is 3.09. The fourth-order valence-corrected chi connectivity index (χ4v) is 1.95. The van der Waals surface area contributed by atoms with E-state index in [1.165, 1.54) is 7.11 Å². The summed E-state index contributed by atoms with van der Waals surface area (Å²) in [5.74, 6) is 0.432. The minimum absolute atomic E-state index is 0.114. The fourth-order valence-electron chi connectivity index (χ4n) is 1.95. The smallest absolute Gasteiger partial charge is 0.251 e. The maximum Gasteiger partial charge on any atom is 0.251 e. The van der Waals surface area contributed by atoms with Crippen LogP contribution in [0.5, 0.6) is 11.5 Å². The van der Waals surface area contributed by atoms with E-state index in [-0.39, 0.29) is 11.7 Å². The number of aromatic hydroxyl groups is 1. The number of phenolic OH excluding ortho intramolecular Hbond substituents is 1. The van der Waals surface area contributed by atoms with Crippen molar-refractivity contribution in [2.45, 2.75) is 6.54 Å². The predicted octanol–water partition coefficient (Wildman–Crippen LogP) is 2.37. The third kappa shape index (κ3) is 3.66. The summed E-state index contributed by atoms with van der Waals surface area (Å²) in [7, 11) is 3.12. The van der Waals surface area contributed by atoms with Crippen molar-refractivity contribution in [2.75, 3.05) is 19.5 Å². The number of carbonyl (C=O) groups is 1. The Morgan fingerprint density at radius 2 is 2.05 bits per heavy atom. The number of phenols is 1. The van der Waals surface area contributed by atoms with Crippen molar-refractivity contribution in [3.05, 3.63) is 53.6 Å². The van der Waals surface area contributed by atoms with Gasteiger partial charge in [-0.05, 0) is 35.9 Å². The van der Waals surface area contributed by atoms with Gasteiger partial charge >= 0.3 is 0 Å². The topological polar surface area (TPSA) is 70.6 Å². The largest absolute Gasteiger partial charge is 0.504 e. The molecule has 5 heteroatoms. The monoisotopic (exact) mass is 286 g/mol. The van der Waals surface area contributed by atoms with Gasteiger partial charge in [-0.3, -0.25) is 4.79 Å². The van der Waals surface area contributed by atoms with E-state index in [1.54, 1.807) is 31.3 Å². The molecule has 110 valence electrons. The second-order valence-corrected chi connectivity index (χ2v) is 4.52. The van der Waals surface area contributed by atoms with Crippen molar-refractivity contribution in [1.29, 1.82) is 0 Å². The van der Waals surface area contributed by atoms with Crippen molar-refractivity contribution in [3.63, 3.8) is 0 Å². The van der Waals surface area contributed by atoms with E-state index >= 15 is 0 Å². The third-order valence-electron chi connectivity index (χ3n) is 3.09. The van der Waals surface area contributed by atoms with Crippen LogP contribution in [0.1, 0.15) is 15.9 Å². The van der Waals surface area contributed by atoms with E-state index in [0.29, 0.717) is 17.9 Å². The van der Waals surface area contributed by atoms with E-state index in [2.05, 4.69) is 10.6 Å². The lowest BCUT2D eigenvalue weighted by Crippen LogP contribution is -2.17. The highest BCUT2D eigenvalue weighted by Gasteiger charge is 2.05. The first-order valence-corrected chi connectivity index (χ1v) is 6.56. The average Bonchev–Trinajstić information content (AvgIpc) is 2.53. The molecular weight excluding hydrogens is 268 g/mol. The number of hydrogen-bond acceptors (Lipinski definition) is 4. The average molecular weight is 286 g/mol. The number of hydrogen-bond donors (Lipinski definition) is 3. The molecule has 0 atom stereocenters. The highest BCUT2D eigenvalue weighted by atomic mass is 16.5. The molecule has 3 N–H and O–H groups in total. The van der Waals surface area contributed by atoms with Gasteiger partial charge in [0, 0.05) is 24.8 Å². The van der Waals surface area contributed by atoms with Crippen LogP contribution in [0, 0.1) is 0 Å². The Kier molecular flexibility index (Phi) is 4.66. The Morgan fingerprint density at radius 1 is 1.24 bits per heavy atom. The van der Waals surface area contributed by atoms with Crippen LogP contribution in [0.2, 0.25) is 0 Å². The van der Waals surface area contributed by atoms with Gasteiger partial charge < -0.3 is 20.5 Å². The SMILES string of the molecule is CNC(=O)c1cccc(NCc2ccc(O)c(OC)c2)c1. The summed E-state index contributed by atoms with van der Waals surface area (Å²) in [4.78, 5) is 11.6. The summed E-state index contributed by atoms with van der Waals surface area (Å²) >= 11 is 0. The Labute approximate surface area is 123 Å². The minimum atomic E-state index is -0.120. The lowest BCUT2D eigenvalue weighted by molar-refractivity contribution is 0.0963. The molecule has 0 aliphatic carbocycles. The molecule has 0 saturated carbocycles. The van der Waals surface area contributed by atoms with E-state index < -0.39 is 0 Å². The van der Waals surface area contributed by atoms with E-state index in [1.807, 2.05) is 18.2 Å². The molecule has 0 spiro atoms. The van der Waals surface area contributed by atoms with Crippen molar-refractivity contribution in [2.24, 2.45) is 0 Å². The Bertz CT molecular complexity index is 641. The second-order valence-electron chi connectivity index (χ2n) is 4.52. The van der Waals surface area contributed by atoms with Crippen LogP contribution >= 0.6 is 0 Å². The molecular formula is C16H18N2O3. The molecule has 2 aromatic rings. The molecule has 0 bridgehead atoms. The minimum Gasteiger partial charge on any atom is -0.504 e. The lowest BCUT2D eigenvalue weighted by atomic mass is 10.1. The Hall–Kier alpha value is -2.69. The molecule has 5 nitrogen and oxygen atoms in total. The molecule has 2 rings (SSSR count). The maximum atomic E-state index is 11.6. The van der Waals surface area contributed by atoms with Crippen molar-refractivity contribution < 1.29 is 14.6 Å². The summed E-state index contributed by atoms with van der Waals surface area (Å²) in [6, 6.07) is 12.4. The van der Waals surface area contributed by atoms with Crippen LogP contribution in [-0.4, -0.2) is 25.2 Å². The quantitative estimate of drug-likeness (QED) is 0.789. The van der Waals surface area contributed by atoms with Gasteiger partial charge in [0.15, 0.2) is 11.5 Å². The Morgan fingerprint density at radius 3 is 2.76 bits per heavy atom. The van der Waals surface area contributed by atoms with Gasteiger partial charge in [0.25, 0.3) is 5.91 Å². The van der Waals surface area contributed by atoms with Gasteiger partial charge in [0.2, 0.25) is 0 Å². The molecule has 21 heavy (non-hydrogen) atoms. The number of benzene rings is 2. The van der Waals surface area contributed by atoms with E-state index in [0.717, 1.165) is 11.3 Å². The molecule has 0 aliphatic rings. The number of ether oxygens (including phenoxy) is 1. The molecule has 0 heterocycles. The van der Waals surface area contributed by atoms with Crippen molar-refractivity contribution >= 4 is 11.6 Å². The zero-order chi connectivity index (χ0) is 15.2. The second kappa shape index (κ2) is 6.65. The number of amides is 1. The van der Waals surface area contributed by atoms with Gasteiger partial charge in [-0.1, -0.05) is 12.1 Å². The predicted molar refractivity (Wildman–Crippen MR) is 81.8 cm³/mol. The summed E-state index contributed by atoms with van der Waals surface area (Å²) in [6.07, 6.45) is 0. The van der Waals surface area contributed by atoms with Crippen LogP contribution in [0.3, 0.4) is 0 Å². The van der Waals surface area contributed by atoms with Crippen LogP contribution < -0.4 is 15.4 Å². The Balaban J connectivity index is 2.08. The molecule has 0 fully saturated rings. The van der Waals surface area contributed by atoms with Crippen LogP contribution in [0.4, 0.5) is 5.69 Å². The first-order valence-electron chi connectivity index (χ1n) is 6.56. The van der Waals surface area contributed by atoms with Gasteiger partial charge in [0.05, 0.1) is 7.11 Å². The molecule has 0 radical (unpaired) electrons. The van der Waals surface area contributed by atoms with Crippen LogP contribution in [0.25, 0.3) is 0 Å². The number of nitrogens with one attached hydrogen (secondary N) is 2. The zero-order valence-electron chi connectivity index (χ0n) is 12.0. The summed E-state index contributed by atoms with van der Waals surface area (Å²) < 4.78 is 5.07.